The molecule has 0 spiro atoms. The zero-order valence-electron chi connectivity index (χ0n) is 15.2. The van der Waals surface area contributed by atoms with Crippen LogP contribution in [-0.4, -0.2) is 20.9 Å². The van der Waals surface area contributed by atoms with E-state index in [-0.39, 0.29) is 24.3 Å². The van der Waals surface area contributed by atoms with Crippen molar-refractivity contribution in [1.29, 1.82) is 0 Å². The predicted octanol–water partition coefficient (Wildman–Crippen LogP) is 3.93. The Morgan fingerprint density at radius 2 is 1.82 bits per heavy atom. The fraction of sp³-hybridized carbons (Fsp3) is 0.143. The van der Waals surface area contributed by atoms with E-state index in [9.17, 15) is 9.59 Å². The number of H-pyrrole nitrogens is 1. The van der Waals surface area contributed by atoms with Crippen LogP contribution in [-0.2, 0) is 11.2 Å². The number of benzene rings is 2. The molecule has 2 heterocycles. The maximum Gasteiger partial charge on any atom is 0.270 e. The summed E-state index contributed by atoms with van der Waals surface area (Å²) in [5.74, 6) is -0.192. The highest BCUT2D eigenvalue weighted by molar-refractivity contribution is 7.16. The van der Waals surface area contributed by atoms with Gasteiger partial charge in [-0.15, -0.1) is 11.3 Å². The lowest BCUT2D eigenvalue weighted by Gasteiger charge is -2.03. The molecule has 4 aromatic rings. The topological polar surface area (TPSA) is 87.7 Å². The van der Waals surface area contributed by atoms with Gasteiger partial charge in [-0.05, 0) is 19.1 Å². The summed E-state index contributed by atoms with van der Waals surface area (Å²) in [6, 6.07) is 17.2. The van der Waals surface area contributed by atoms with Gasteiger partial charge in [-0.3, -0.25) is 9.59 Å². The van der Waals surface area contributed by atoms with Crippen LogP contribution >= 0.6 is 11.3 Å². The van der Waals surface area contributed by atoms with E-state index in [1.807, 2.05) is 55.5 Å². The third-order valence-corrected chi connectivity index (χ3v) is 5.24. The molecule has 28 heavy (non-hydrogen) atoms. The molecule has 0 saturated carbocycles. The van der Waals surface area contributed by atoms with E-state index in [1.165, 1.54) is 11.3 Å². The maximum absolute atomic E-state index is 12.3. The van der Waals surface area contributed by atoms with Gasteiger partial charge < -0.3 is 10.3 Å². The Labute approximate surface area is 165 Å². The number of hydrogen-bond donors (Lipinski definition) is 2. The molecular formula is C21H18N4O2S. The molecule has 0 unspecified atom stereocenters. The Morgan fingerprint density at radius 1 is 1.07 bits per heavy atom. The van der Waals surface area contributed by atoms with Crippen LogP contribution in [0.4, 0.5) is 5.13 Å². The van der Waals surface area contributed by atoms with Crippen molar-refractivity contribution >= 4 is 33.4 Å². The summed E-state index contributed by atoms with van der Waals surface area (Å²) in [7, 11) is 0. The van der Waals surface area contributed by atoms with Crippen molar-refractivity contribution in [3.05, 3.63) is 75.5 Å². The minimum Gasteiger partial charge on any atom is -0.319 e. The molecule has 7 heteroatoms. The summed E-state index contributed by atoms with van der Waals surface area (Å²) in [6.07, 6.45) is 0.426. The number of para-hydroxylation sites is 2. The monoisotopic (exact) mass is 390 g/mol. The first kappa shape index (κ1) is 18.1. The van der Waals surface area contributed by atoms with Gasteiger partial charge in [0, 0.05) is 23.3 Å². The molecule has 2 aromatic heterocycles. The first-order chi connectivity index (χ1) is 13.6. The summed E-state index contributed by atoms with van der Waals surface area (Å²) in [5, 5.41) is 3.39. The molecule has 6 nitrogen and oxygen atoms in total. The number of nitrogens with zero attached hydrogens (tertiary/aromatic N) is 2. The predicted molar refractivity (Wildman–Crippen MR) is 112 cm³/mol. The zero-order valence-corrected chi connectivity index (χ0v) is 16.0. The maximum atomic E-state index is 12.3. The van der Waals surface area contributed by atoms with E-state index in [0.29, 0.717) is 21.9 Å². The Balaban J connectivity index is 1.44. The third-order valence-electron chi connectivity index (χ3n) is 4.35. The minimum atomic E-state index is -0.261. The minimum absolute atomic E-state index is 0.160. The molecule has 0 fully saturated rings. The Morgan fingerprint density at radius 3 is 2.64 bits per heavy atom. The summed E-state index contributed by atoms with van der Waals surface area (Å²) in [6.45, 7) is 1.98. The highest BCUT2D eigenvalue weighted by Gasteiger charge is 2.13. The molecule has 0 saturated heterocycles. The van der Waals surface area contributed by atoms with Crippen molar-refractivity contribution in [2.45, 2.75) is 19.8 Å². The van der Waals surface area contributed by atoms with E-state index in [4.69, 9.17) is 0 Å². The van der Waals surface area contributed by atoms with Crippen LogP contribution in [0.2, 0.25) is 0 Å². The van der Waals surface area contributed by atoms with Crippen LogP contribution < -0.4 is 10.9 Å². The van der Waals surface area contributed by atoms with Crippen LogP contribution in [0, 0.1) is 6.92 Å². The number of aromatic amines is 1. The summed E-state index contributed by atoms with van der Waals surface area (Å²) in [5.41, 5.74) is 3.38. The lowest BCUT2D eigenvalue weighted by Crippen LogP contribution is -2.18. The van der Waals surface area contributed by atoms with Gasteiger partial charge in [0.15, 0.2) is 5.13 Å². The van der Waals surface area contributed by atoms with Gasteiger partial charge in [-0.25, -0.2) is 9.97 Å². The summed E-state index contributed by atoms with van der Waals surface area (Å²) < 4.78 is 0. The van der Waals surface area contributed by atoms with E-state index in [2.05, 4.69) is 20.3 Å². The van der Waals surface area contributed by atoms with Crippen molar-refractivity contribution in [2.24, 2.45) is 0 Å². The van der Waals surface area contributed by atoms with E-state index in [0.717, 1.165) is 16.1 Å². The van der Waals surface area contributed by atoms with Gasteiger partial charge in [-0.1, -0.05) is 42.5 Å². The molecule has 140 valence electrons. The fourth-order valence-corrected chi connectivity index (χ4v) is 3.82. The first-order valence-electron chi connectivity index (χ1n) is 8.91. The highest BCUT2D eigenvalue weighted by Crippen LogP contribution is 2.30. The number of anilines is 1. The second kappa shape index (κ2) is 7.74. The van der Waals surface area contributed by atoms with Crippen molar-refractivity contribution in [2.75, 3.05) is 5.32 Å². The summed E-state index contributed by atoms with van der Waals surface area (Å²) >= 11 is 1.44. The van der Waals surface area contributed by atoms with Crippen molar-refractivity contribution in [3.8, 4) is 11.3 Å². The van der Waals surface area contributed by atoms with Crippen molar-refractivity contribution < 1.29 is 4.79 Å². The second-order valence-corrected chi connectivity index (χ2v) is 7.57. The van der Waals surface area contributed by atoms with E-state index < -0.39 is 0 Å². The number of rotatable bonds is 5. The van der Waals surface area contributed by atoms with Crippen molar-refractivity contribution in [1.82, 2.24) is 15.0 Å². The Kier molecular flexibility index (Phi) is 4.99. The largest absolute Gasteiger partial charge is 0.319 e. The van der Waals surface area contributed by atoms with Gasteiger partial charge in [0.05, 0.1) is 16.7 Å². The van der Waals surface area contributed by atoms with Crippen LogP contribution in [0.3, 0.4) is 0 Å². The van der Waals surface area contributed by atoms with Gasteiger partial charge in [0.1, 0.15) is 5.69 Å². The second-order valence-electron chi connectivity index (χ2n) is 6.37. The van der Waals surface area contributed by atoms with Gasteiger partial charge in [0.2, 0.25) is 5.91 Å². The van der Waals surface area contributed by atoms with Gasteiger partial charge in [0.25, 0.3) is 5.56 Å². The van der Waals surface area contributed by atoms with Gasteiger partial charge in [-0.2, -0.15) is 0 Å². The quantitative estimate of drug-likeness (QED) is 0.540. The standard InChI is InChI=1S/C21H18N4O2S/c1-13-19(14-7-3-2-4-8-14)25-21(28-13)24-18(26)12-11-17-20(27)23-16-10-6-5-9-15(16)22-17/h2-10H,11-12H2,1H3,(H,23,27)(H,24,25,26). The molecule has 0 aliphatic rings. The number of carbonyl (C=O) groups excluding carboxylic acids is 1. The molecule has 4 rings (SSSR count). The number of fused-ring (bicyclic) bond motifs is 1. The number of aryl methyl sites for hydroxylation is 2. The van der Waals surface area contributed by atoms with E-state index in [1.54, 1.807) is 6.07 Å². The molecule has 2 aromatic carbocycles. The molecule has 0 aliphatic heterocycles. The van der Waals surface area contributed by atoms with E-state index >= 15 is 0 Å². The number of thiazole rings is 1. The van der Waals surface area contributed by atoms with Crippen LogP contribution in [0.5, 0.6) is 0 Å². The molecule has 1 amide bonds. The SMILES string of the molecule is Cc1sc(NC(=O)CCc2nc3ccccc3[nH]c2=O)nc1-c1ccccc1. The van der Waals surface area contributed by atoms with Crippen LogP contribution in [0.1, 0.15) is 17.0 Å². The first-order valence-corrected chi connectivity index (χ1v) is 9.72. The fourth-order valence-electron chi connectivity index (χ4n) is 2.96. The Hall–Kier alpha value is -3.32. The smallest absolute Gasteiger partial charge is 0.270 e. The van der Waals surface area contributed by atoms with Crippen LogP contribution in [0.25, 0.3) is 22.3 Å². The number of carbonyl (C=O) groups is 1. The Bertz CT molecular complexity index is 1200. The number of hydrogen-bond acceptors (Lipinski definition) is 5. The average molecular weight is 390 g/mol. The third kappa shape index (κ3) is 3.84. The van der Waals surface area contributed by atoms with Crippen LogP contribution in [0.15, 0.2) is 59.4 Å². The number of aromatic nitrogens is 3. The van der Waals surface area contributed by atoms with Crippen molar-refractivity contribution in [3.63, 3.8) is 0 Å². The molecule has 0 atom stereocenters. The highest BCUT2D eigenvalue weighted by atomic mass is 32.1. The lowest BCUT2D eigenvalue weighted by molar-refractivity contribution is -0.116. The molecular weight excluding hydrogens is 372 g/mol. The summed E-state index contributed by atoms with van der Waals surface area (Å²) in [4.78, 5) is 37.2. The average Bonchev–Trinajstić information content (AvgIpc) is 3.07. The lowest BCUT2D eigenvalue weighted by atomic mass is 10.1. The molecule has 0 radical (unpaired) electrons. The molecule has 0 aliphatic carbocycles. The number of amides is 1. The van der Waals surface area contributed by atoms with Gasteiger partial charge >= 0.3 is 0 Å². The zero-order chi connectivity index (χ0) is 19.5. The normalized spacial score (nSPS) is 10.9. The number of nitrogens with one attached hydrogen (secondary N) is 2. The molecule has 2 N–H and O–H groups in total. The molecule has 0 bridgehead atoms.